The number of hydrogen-bond donors (Lipinski definition) is 2. The Kier molecular flexibility index (Phi) is 3.09. The molecule has 0 amide bonds. The molecule has 0 fully saturated rings. The number of nitrogens with one attached hydrogen (secondary N) is 1. The highest BCUT2D eigenvalue weighted by molar-refractivity contribution is 5.98. The van der Waals surface area contributed by atoms with E-state index in [0.29, 0.717) is 11.1 Å². The molecule has 0 unspecified atom stereocenters. The molecule has 0 atom stereocenters. The molecule has 0 aliphatic rings. The van der Waals surface area contributed by atoms with Gasteiger partial charge in [-0.1, -0.05) is 48.5 Å². The van der Waals surface area contributed by atoms with Gasteiger partial charge in [-0.15, -0.1) is 0 Å². The second kappa shape index (κ2) is 5.05. The number of aromatic nitrogens is 1. The molecule has 98 valence electrons. The molecule has 3 rings (SSSR count). The summed E-state index contributed by atoms with van der Waals surface area (Å²) in [6.45, 7) is 0. The summed E-state index contributed by atoms with van der Waals surface area (Å²) >= 11 is 0. The summed E-state index contributed by atoms with van der Waals surface area (Å²) in [7, 11) is 0. The van der Waals surface area contributed by atoms with Crippen LogP contribution in [0.1, 0.15) is 10.4 Å². The first-order valence-electron chi connectivity index (χ1n) is 6.33. The Morgan fingerprint density at radius 1 is 0.850 bits per heavy atom. The van der Waals surface area contributed by atoms with E-state index in [1.54, 1.807) is 12.1 Å². The van der Waals surface area contributed by atoms with Crippen molar-refractivity contribution in [2.45, 2.75) is 0 Å². The minimum atomic E-state index is -0.922. The third-order valence-electron chi connectivity index (χ3n) is 3.26. The minimum Gasteiger partial charge on any atom is -0.478 e. The van der Waals surface area contributed by atoms with Crippen molar-refractivity contribution in [3.05, 3.63) is 72.4 Å². The van der Waals surface area contributed by atoms with Gasteiger partial charge < -0.3 is 10.1 Å². The molecule has 0 saturated heterocycles. The lowest BCUT2D eigenvalue weighted by Crippen LogP contribution is -1.99. The third-order valence-corrected chi connectivity index (χ3v) is 3.26. The van der Waals surface area contributed by atoms with E-state index in [2.05, 4.69) is 4.98 Å². The summed E-state index contributed by atoms with van der Waals surface area (Å²) in [6, 6.07) is 18.9. The van der Waals surface area contributed by atoms with Crippen molar-refractivity contribution < 1.29 is 9.90 Å². The molecule has 0 aliphatic heterocycles. The third kappa shape index (κ3) is 2.10. The fourth-order valence-corrected chi connectivity index (χ4v) is 2.34. The zero-order chi connectivity index (χ0) is 13.9. The highest BCUT2D eigenvalue weighted by atomic mass is 16.4. The van der Waals surface area contributed by atoms with Crippen LogP contribution in [-0.2, 0) is 0 Å². The zero-order valence-electron chi connectivity index (χ0n) is 10.7. The lowest BCUT2D eigenvalue weighted by molar-refractivity contribution is 0.0697. The summed E-state index contributed by atoms with van der Waals surface area (Å²) in [5, 5.41) is 9.31. The number of hydrogen-bond acceptors (Lipinski definition) is 1. The minimum absolute atomic E-state index is 0.298. The maximum Gasteiger partial charge on any atom is 0.336 e. The van der Waals surface area contributed by atoms with Gasteiger partial charge in [0, 0.05) is 17.3 Å². The first-order chi connectivity index (χ1) is 9.77. The van der Waals surface area contributed by atoms with Crippen LogP contribution in [0.25, 0.3) is 22.4 Å². The van der Waals surface area contributed by atoms with Crippen molar-refractivity contribution in [3.63, 3.8) is 0 Å². The molecular weight excluding hydrogens is 250 g/mol. The summed E-state index contributed by atoms with van der Waals surface area (Å²) in [6.07, 6.45) is 1.83. The standard InChI is InChI=1S/C17H13NO2/c19-17(20)15-9-5-4-8-14(15)16-13(10-11-18-16)12-6-2-1-3-7-12/h1-11,18H,(H,19,20). The highest BCUT2D eigenvalue weighted by Crippen LogP contribution is 2.32. The van der Waals surface area contributed by atoms with E-state index in [4.69, 9.17) is 0 Å². The highest BCUT2D eigenvalue weighted by Gasteiger charge is 2.15. The van der Waals surface area contributed by atoms with Crippen LogP contribution in [0.2, 0.25) is 0 Å². The first kappa shape index (κ1) is 12.2. The predicted molar refractivity (Wildman–Crippen MR) is 78.6 cm³/mol. The van der Waals surface area contributed by atoms with Gasteiger partial charge in [0.2, 0.25) is 0 Å². The number of aromatic amines is 1. The van der Waals surface area contributed by atoms with E-state index in [-0.39, 0.29) is 0 Å². The molecule has 3 nitrogen and oxygen atoms in total. The fourth-order valence-electron chi connectivity index (χ4n) is 2.34. The van der Waals surface area contributed by atoms with E-state index in [0.717, 1.165) is 16.8 Å². The van der Waals surface area contributed by atoms with E-state index in [1.165, 1.54) is 0 Å². The van der Waals surface area contributed by atoms with Gasteiger partial charge in [0.1, 0.15) is 0 Å². The Bertz CT molecular complexity index is 744. The van der Waals surface area contributed by atoms with Crippen molar-refractivity contribution in [2.75, 3.05) is 0 Å². The van der Waals surface area contributed by atoms with E-state index < -0.39 is 5.97 Å². The van der Waals surface area contributed by atoms with E-state index >= 15 is 0 Å². The number of carboxylic acids is 1. The number of H-pyrrole nitrogens is 1. The predicted octanol–water partition coefficient (Wildman–Crippen LogP) is 4.05. The molecule has 0 bridgehead atoms. The smallest absolute Gasteiger partial charge is 0.336 e. The van der Waals surface area contributed by atoms with Crippen molar-refractivity contribution in [1.29, 1.82) is 0 Å². The Morgan fingerprint density at radius 2 is 1.55 bits per heavy atom. The second-order valence-electron chi connectivity index (χ2n) is 4.48. The van der Waals surface area contributed by atoms with Gasteiger partial charge in [-0.3, -0.25) is 0 Å². The monoisotopic (exact) mass is 263 g/mol. The topological polar surface area (TPSA) is 53.1 Å². The summed E-state index contributed by atoms with van der Waals surface area (Å²) in [5.41, 5.74) is 3.88. The fraction of sp³-hybridized carbons (Fsp3) is 0. The number of rotatable bonds is 3. The van der Waals surface area contributed by atoms with E-state index in [9.17, 15) is 9.90 Å². The summed E-state index contributed by atoms with van der Waals surface area (Å²) in [4.78, 5) is 14.5. The van der Waals surface area contributed by atoms with Gasteiger partial charge in [0.05, 0.1) is 11.3 Å². The zero-order valence-corrected chi connectivity index (χ0v) is 10.7. The maximum absolute atomic E-state index is 11.4. The average molecular weight is 263 g/mol. The quantitative estimate of drug-likeness (QED) is 0.749. The van der Waals surface area contributed by atoms with Crippen molar-refractivity contribution in [1.82, 2.24) is 4.98 Å². The van der Waals surface area contributed by atoms with Crippen LogP contribution in [0.5, 0.6) is 0 Å². The van der Waals surface area contributed by atoms with Gasteiger partial charge in [0.15, 0.2) is 0 Å². The molecule has 0 saturated carbocycles. The molecule has 0 aliphatic carbocycles. The Balaban J connectivity index is 2.18. The first-order valence-corrected chi connectivity index (χ1v) is 6.33. The Morgan fingerprint density at radius 3 is 2.30 bits per heavy atom. The molecule has 0 spiro atoms. The second-order valence-corrected chi connectivity index (χ2v) is 4.48. The number of benzene rings is 2. The Labute approximate surface area is 116 Å². The molecule has 3 heteroatoms. The Hall–Kier alpha value is -2.81. The normalized spacial score (nSPS) is 10.4. The van der Waals surface area contributed by atoms with Gasteiger partial charge in [-0.05, 0) is 17.7 Å². The van der Waals surface area contributed by atoms with Gasteiger partial charge in [-0.25, -0.2) is 4.79 Å². The van der Waals surface area contributed by atoms with Crippen LogP contribution < -0.4 is 0 Å². The lowest BCUT2D eigenvalue weighted by Gasteiger charge is -2.08. The van der Waals surface area contributed by atoms with Crippen LogP contribution in [0.15, 0.2) is 66.9 Å². The number of carboxylic acid groups (broad SMARTS) is 1. The van der Waals surface area contributed by atoms with Crippen molar-refractivity contribution >= 4 is 5.97 Å². The number of carbonyl (C=O) groups is 1. The van der Waals surface area contributed by atoms with Gasteiger partial charge in [0.25, 0.3) is 0 Å². The lowest BCUT2D eigenvalue weighted by atomic mass is 9.98. The van der Waals surface area contributed by atoms with Crippen molar-refractivity contribution in [3.8, 4) is 22.4 Å². The molecular formula is C17H13NO2. The van der Waals surface area contributed by atoms with Gasteiger partial charge >= 0.3 is 5.97 Å². The molecule has 2 aromatic carbocycles. The molecule has 2 N–H and O–H groups in total. The summed E-state index contributed by atoms with van der Waals surface area (Å²) < 4.78 is 0. The van der Waals surface area contributed by atoms with Gasteiger partial charge in [-0.2, -0.15) is 0 Å². The molecule has 1 aromatic heterocycles. The van der Waals surface area contributed by atoms with Crippen LogP contribution >= 0.6 is 0 Å². The van der Waals surface area contributed by atoms with Crippen molar-refractivity contribution in [2.24, 2.45) is 0 Å². The van der Waals surface area contributed by atoms with Crippen LogP contribution in [-0.4, -0.2) is 16.1 Å². The van der Waals surface area contributed by atoms with Crippen LogP contribution in [0, 0.1) is 0 Å². The summed E-state index contributed by atoms with van der Waals surface area (Å²) in [5.74, 6) is -0.922. The largest absolute Gasteiger partial charge is 0.478 e. The SMILES string of the molecule is O=C(O)c1ccccc1-c1[nH]ccc1-c1ccccc1. The van der Waals surface area contributed by atoms with Crippen LogP contribution in [0.4, 0.5) is 0 Å². The average Bonchev–Trinajstić information content (AvgIpc) is 2.97. The number of aromatic carboxylic acids is 1. The maximum atomic E-state index is 11.4. The molecule has 3 aromatic rings. The molecule has 20 heavy (non-hydrogen) atoms. The van der Waals surface area contributed by atoms with E-state index in [1.807, 2.05) is 54.7 Å². The molecule has 0 radical (unpaired) electrons. The molecule has 1 heterocycles. The van der Waals surface area contributed by atoms with Crippen LogP contribution in [0.3, 0.4) is 0 Å².